The molecule has 3 aromatic rings. The van der Waals surface area contributed by atoms with Crippen molar-refractivity contribution < 1.29 is 9.18 Å². The van der Waals surface area contributed by atoms with Gasteiger partial charge in [-0.1, -0.05) is 29.5 Å². The van der Waals surface area contributed by atoms with Gasteiger partial charge in [0.15, 0.2) is 10.9 Å². The van der Waals surface area contributed by atoms with Gasteiger partial charge in [-0.05, 0) is 56.7 Å². The van der Waals surface area contributed by atoms with Gasteiger partial charge in [0.2, 0.25) is 0 Å². The maximum atomic E-state index is 12.9. The van der Waals surface area contributed by atoms with Crippen LogP contribution in [0.2, 0.25) is 0 Å². The standard InChI is InChI=1S/C20H20FN3OS/c1-14-5-11-18(12-6-14)24-15(2)22-23-20(24)26-13-3-4-19(25)16-7-9-17(21)10-8-16/h5-12H,3-4,13H2,1-2H3. The molecule has 0 atom stereocenters. The van der Waals surface area contributed by atoms with Gasteiger partial charge in [-0.2, -0.15) is 0 Å². The van der Waals surface area contributed by atoms with Crippen LogP contribution in [0.1, 0.15) is 34.6 Å². The summed E-state index contributed by atoms with van der Waals surface area (Å²) in [6.07, 6.45) is 1.15. The number of halogens is 1. The van der Waals surface area contributed by atoms with Crippen molar-refractivity contribution >= 4 is 17.5 Å². The molecule has 6 heteroatoms. The van der Waals surface area contributed by atoms with Crippen molar-refractivity contribution in [3.8, 4) is 5.69 Å². The number of nitrogens with zero attached hydrogens (tertiary/aromatic N) is 3. The molecule has 134 valence electrons. The third-order valence-electron chi connectivity index (χ3n) is 4.03. The van der Waals surface area contributed by atoms with Crippen molar-refractivity contribution in [2.45, 2.75) is 31.8 Å². The molecule has 2 aromatic carbocycles. The SMILES string of the molecule is Cc1ccc(-n2c(C)nnc2SCCCC(=O)c2ccc(F)cc2)cc1. The normalized spacial score (nSPS) is 10.9. The summed E-state index contributed by atoms with van der Waals surface area (Å²) >= 11 is 1.58. The molecule has 0 bridgehead atoms. The summed E-state index contributed by atoms with van der Waals surface area (Å²) in [5.41, 5.74) is 2.78. The lowest BCUT2D eigenvalue weighted by molar-refractivity contribution is 0.0982. The molecule has 0 unspecified atom stereocenters. The zero-order valence-corrected chi connectivity index (χ0v) is 15.6. The molecule has 4 nitrogen and oxygen atoms in total. The lowest BCUT2D eigenvalue weighted by atomic mass is 10.1. The van der Waals surface area contributed by atoms with Gasteiger partial charge < -0.3 is 0 Å². The largest absolute Gasteiger partial charge is 0.294 e. The fourth-order valence-electron chi connectivity index (χ4n) is 2.60. The molecule has 0 aliphatic carbocycles. The summed E-state index contributed by atoms with van der Waals surface area (Å²) in [4.78, 5) is 12.1. The van der Waals surface area contributed by atoms with Crippen LogP contribution in [0.25, 0.3) is 5.69 Å². The van der Waals surface area contributed by atoms with Crippen molar-refractivity contribution in [3.63, 3.8) is 0 Å². The van der Waals surface area contributed by atoms with Gasteiger partial charge >= 0.3 is 0 Å². The Kier molecular flexibility index (Phi) is 5.83. The van der Waals surface area contributed by atoms with Crippen molar-refractivity contribution in [3.05, 3.63) is 71.3 Å². The van der Waals surface area contributed by atoms with E-state index in [0.29, 0.717) is 12.0 Å². The first-order valence-electron chi connectivity index (χ1n) is 8.45. The highest BCUT2D eigenvalue weighted by Gasteiger charge is 2.12. The van der Waals surface area contributed by atoms with Crippen LogP contribution in [0.4, 0.5) is 4.39 Å². The summed E-state index contributed by atoms with van der Waals surface area (Å²) in [5, 5.41) is 9.24. The number of ketones is 1. The molecule has 1 heterocycles. The summed E-state index contributed by atoms with van der Waals surface area (Å²) < 4.78 is 14.9. The van der Waals surface area contributed by atoms with E-state index in [4.69, 9.17) is 0 Å². The summed E-state index contributed by atoms with van der Waals surface area (Å²) in [6, 6.07) is 13.9. The topological polar surface area (TPSA) is 47.8 Å². The number of hydrogen-bond donors (Lipinski definition) is 0. The minimum atomic E-state index is -0.331. The number of carbonyl (C=O) groups is 1. The lowest BCUT2D eigenvalue weighted by Crippen LogP contribution is -2.01. The molecule has 26 heavy (non-hydrogen) atoms. The van der Waals surface area contributed by atoms with Crippen LogP contribution in [0.3, 0.4) is 0 Å². The molecule has 3 rings (SSSR count). The highest BCUT2D eigenvalue weighted by molar-refractivity contribution is 7.99. The van der Waals surface area contributed by atoms with Crippen molar-refractivity contribution in [1.82, 2.24) is 14.8 Å². The molecule has 0 saturated heterocycles. The van der Waals surface area contributed by atoms with Crippen molar-refractivity contribution in [2.24, 2.45) is 0 Å². The molecular formula is C20H20FN3OS. The van der Waals surface area contributed by atoms with E-state index in [0.717, 1.165) is 28.8 Å². The van der Waals surface area contributed by atoms with E-state index in [1.54, 1.807) is 11.8 Å². The molecular weight excluding hydrogens is 349 g/mol. The van der Waals surface area contributed by atoms with Gasteiger partial charge in [0, 0.05) is 23.4 Å². The minimum absolute atomic E-state index is 0.0294. The number of aromatic nitrogens is 3. The van der Waals surface area contributed by atoms with E-state index in [2.05, 4.69) is 29.3 Å². The Labute approximate surface area is 156 Å². The fraction of sp³-hybridized carbons (Fsp3) is 0.250. The molecule has 0 aliphatic rings. The van der Waals surface area contributed by atoms with Crippen LogP contribution >= 0.6 is 11.8 Å². The van der Waals surface area contributed by atoms with Crippen molar-refractivity contribution in [1.29, 1.82) is 0 Å². The van der Waals surface area contributed by atoms with Crippen LogP contribution in [0, 0.1) is 19.7 Å². The van der Waals surface area contributed by atoms with Crippen LogP contribution in [-0.4, -0.2) is 26.3 Å². The maximum Gasteiger partial charge on any atom is 0.195 e. The first-order chi connectivity index (χ1) is 12.5. The molecule has 0 amide bonds. The molecule has 0 fully saturated rings. The average molecular weight is 369 g/mol. The van der Waals surface area contributed by atoms with Gasteiger partial charge in [0.25, 0.3) is 0 Å². The first-order valence-corrected chi connectivity index (χ1v) is 9.44. The Bertz CT molecular complexity index is 888. The first kappa shape index (κ1) is 18.3. The number of rotatable bonds is 7. The predicted octanol–water partition coefficient (Wildman–Crippen LogP) is 4.78. The van der Waals surface area contributed by atoms with E-state index < -0.39 is 0 Å². The fourth-order valence-corrected chi connectivity index (χ4v) is 3.54. The molecule has 0 saturated carbocycles. The second-order valence-electron chi connectivity index (χ2n) is 6.08. The molecule has 0 radical (unpaired) electrons. The number of aryl methyl sites for hydroxylation is 2. The number of hydrogen-bond acceptors (Lipinski definition) is 4. The molecule has 0 aliphatic heterocycles. The Morgan fingerprint density at radius 1 is 1.04 bits per heavy atom. The van der Waals surface area contributed by atoms with Gasteiger partial charge in [-0.3, -0.25) is 9.36 Å². The quantitative estimate of drug-likeness (QED) is 0.342. The zero-order chi connectivity index (χ0) is 18.5. The Morgan fingerprint density at radius 2 is 1.73 bits per heavy atom. The average Bonchev–Trinajstić information content (AvgIpc) is 3.00. The Balaban J connectivity index is 1.58. The third-order valence-corrected chi connectivity index (χ3v) is 5.05. The van der Waals surface area contributed by atoms with E-state index in [9.17, 15) is 9.18 Å². The van der Waals surface area contributed by atoms with Gasteiger partial charge in [0.1, 0.15) is 11.6 Å². The number of carbonyl (C=O) groups excluding carboxylic acids is 1. The van der Waals surface area contributed by atoms with E-state index >= 15 is 0 Å². The summed E-state index contributed by atoms with van der Waals surface area (Å²) in [6.45, 7) is 3.98. The third kappa shape index (κ3) is 4.38. The van der Waals surface area contributed by atoms with E-state index in [-0.39, 0.29) is 11.6 Å². The molecule has 0 spiro atoms. The van der Waals surface area contributed by atoms with Gasteiger partial charge in [-0.15, -0.1) is 10.2 Å². The summed E-state index contributed by atoms with van der Waals surface area (Å²) in [7, 11) is 0. The van der Waals surface area contributed by atoms with E-state index in [1.165, 1.54) is 29.8 Å². The van der Waals surface area contributed by atoms with Crippen LogP contribution in [0.5, 0.6) is 0 Å². The van der Waals surface area contributed by atoms with Gasteiger partial charge in [-0.25, -0.2) is 4.39 Å². The minimum Gasteiger partial charge on any atom is -0.294 e. The van der Waals surface area contributed by atoms with Crippen molar-refractivity contribution in [2.75, 3.05) is 5.75 Å². The van der Waals surface area contributed by atoms with Crippen LogP contribution in [0.15, 0.2) is 53.7 Å². The number of thioether (sulfide) groups is 1. The zero-order valence-electron chi connectivity index (χ0n) is 14.8. The van der Waals surface area contributed by atoms with Crippen LogP contribution in [-0.2, 0) is 0 Å². The monoisotopic (exact) mass is 369 g/mol. The maximum absolute atomic E-state index is 12.9. The Morgan fingerprint density at radius 3 is 2.42 bits per heavy atom. The molecule has 0 N–H and O–H groups in total. The second-order valence-corrected chi connectivity index (χ2v) is 7.14. The highest BCUT2D eigenvalue weighted by atomic mass is 32.2. The lowest BCUT2D eigenvalue weighted by Gasteiger charge is -2.08. The number of benzene rings is 2. The predicted molar refractivity (Wildman–Crippen MR) is 102 cm³/mol. The van der Waals surface area contributed by atoms with Gasteiger partial charge in [0.05, 0.1) is 0 Å². The molecule has 1 aromatic heterocycles. The van der Waals surface area contributed by atoms with E-state index in [1.807, 2.05) is 23.6 Å². The Hall–Kier alpha value is -2.47. The van der Waals surface area contributed by atoms with Crippen LogP contribution < -0.4 is 0 Å². The second kappa shape index (κ2) is 8.27. The summed E-state index contributed by atoms with van der Waals surface area (Å²) in [5.74, 6) is 1.29. The smallest absolute Gasteiger partial charge is 0.195 e. The number of Topliss-reactive ketones (excluding diaryl/α,β-unsaturated/α-hetero) is 1. The highest BCUT2D eigenvalue weighted by Crippen LogP contribution is 2.23.